The molecular weight excluding hydrogens is 496 g/mol. The summed E-state index contributed by atoms with van der Waals surface area (Å²) < 4.78 is 23.4. The second-order valence-electron chi connectivity index (χ2n) is 10.9. The number of amides is 1. The third-order valence-corrected chi connectivity index (χ3v) is 7.80. The van der Waals surface area contributed by atoms with Crippen molar-refractivity contribution < 1.29 is 23.4 Å². The summed E-state index contributed by atoms with van der Waals surface area (Å²) >= 11 is 0. The minimum atomic E-state index is -0.589. The summed E-state index contributed by atoms with van der Waals surface area (Å²) in [6.45, 7) is 13.0. The van der Waals surface area contributed by atoms with E-state index in [-0.39, 0.29) is 17.1 Å². The van der Waals surface area contributed by atoms with Gasteiger partial charge in [0.15, 0.2) is 16.9 Å². The van der Waals surface area contributed by atoms with E-state index in [1.165, 1.54) is 0 Å². The van der Waals surface area contributed by atoms with Crippen LogP contribution in [0, 0.1) is 19.8 Å². The predicted octanol–water partition coefficient (Wildman–Crippen LogP) is 4.72. The lowest BCUT2D eigenvalue weighted by Crippen LogP contribution is -2.42. The molecule has 1 fully saturated rings. The van der Waals surface area contributed by atoms with Crippen LogP contribution in [0.5, 0.6) is 11.5 Å². The van der Waals surface area contributed by atoms with E-state index in [1.54, 1.807) is 12.0 Å². The van der Waals surface area contributed by atoms with E-state index in [1.807, 2.05) is 44.2 Å². The first-order valence-electron chi connectivity index (χ1n) is 13.8. The molecule has 8 heteroatoms. The van der Waals surface area contributed by atoms with Crippen LogP contribution in [0.2, 0.25) is 0 Å². The van der Waals surface area contributed by atoms with Gasteiger partial charge < -0.3 is 23.5 Å². The first-order valence-corrected chi connectivity index (χ1v) is 13.8. The Morgan fingerprint density at radius 2 is 1.74 bits per heavy atom. The van der Waals surface area contributed by atoms with Crippen molar-refractivity contribution in [1.82, 2.24) is 9.80 Å². The van der Waals surface area contributed by atoms with Gasteiger partial charge in [0.25, 0.3) is 5.91 Å². The number of rotatable bonds is 9. The van der Waals surface area contributed by atoms with Gasteiger partial charge in [-0.2, -0.15) is 0 Å². The molecule has 3 heterocycles. The van der Waals surface area contributed by atoms with Gasteiger partial charge in [0.1, 0.15) is 5.58 Å². The summed E-state index contributed by atoms with van der Waals surface area (Å²) in [5, 5.41) is 0.491. The first kappa shape index (κ1) is 27.2. The monoisotopic (exact) mass is 534 g/mol. The molecule has 2 aliphatic heterocycles. The summed E-state index contributed by atoms with van der Waals surface area (Å²) in [5.74, 6) is 1.60. The van der Waals surface area contributed by atoms with Crippen molar-refractivity contribution >= 4 is 16.9 Å². The molecular formula is C31H38N2O6. The Bertz CT molecular complexity index is 1420. The molecule has 0 spiro atoms. The molecule has 0 bridgehead atoms. The van der Waals surface area contributed by atoms with Crippen molar-refractivity contribution in [2.24, 2.45) is 5.92 Å². The second kappa shape index (κ2) is 11.4. The van der Waals surface area contributed by atoms with Gasteiger partial charge in [0.2, 0.25) is 5.76 Å². The van der Waals surface area contributed by atoms with E-state index in [2.05, 4.69) is 18.7 Å². The van der Waals surface area contributed by atoms with Crippen molar-refractivity contribution in [2.75, 3.05) is 53.1 Å². The van der Waals surface area contributed by atoms with Gasteiger partial charge >= 0.3 is 0 Å². The Labute approximate surface area is 229 Å². The first-order chi connectivity index (χ1) is 18.8. The topological polar surface area (TPSA) is 81.5 Å². The highest BCUT2D eigenvalue weighted by Gasteiger charge is 2.43. The smallest absolute Gasteiger partial charge is 0.290 e. The molecule has 2 aromatic carbocycles. The number of hydrogen-bond donors (Lipinski definition) is 0. The van der Waals surface area contributed by atoms with Gasteiger partial charge in [-0.3, -0.25) is 14.5 Å². The standard InChI is InChI=1S/C31H38N2O6/c1-19(2)8-13-38-24-7-6-22(18-26(24)36-5)28-27-29(34)23-16-20(3)21(4)17-25(23)39-30(27)31(35)33(28)10-9-32-11-14-37-15-12-32/h6-7,16-19,28H,8-15H2,1-5H3. The van der Waals surface area contributed by atoms with Gasteiger partial charge in [-0.15, -0.1) is 0 Å². The fourth-order valence-electron chi connectivity index (χ4n) is 5.30. The van der Waals surface area contributed by atoms with Crippen molar-refractivity contribution in [3.05, 3.63) is 68.6 Å². The SMILES string of the molecule is COc1cc(C2c3c(oc4cc(C)c(C)cc4c3=O)C(=O)N2CCN2CCOCC2)ccc1OCCC(C)C. The Kier molecular flexibility index (Phi) is 7.96. The molecule has 3 aromatic rings. The van der Waals surface area contributed by atoms with Gasteiger partial charge in [-0.05, 0) is 67.1 Å². The number of methoxy groups -OCH3 is 1. The number of aryl methyl sites for hydroxylation is 2. The van der Waals surface area contributed by atoms with Crippen LogP contribution in [0.1, 0.15) is 59.1 Å². The van der Waals surface area contributed by atoms with Crippen LogP contribution in [-0.4, -0.2) is 68.8 Å². The predicted molar refractivity (Wildman–Crippen MR) is 150 cm³/mol. The Morgan fingerprint density at radius 3 is 2.46 bits per heavy atom. The molecule has 1 saturated heterocycles. The summed E-state index contributed by atoms with van der Waals surface area (Å²) in [5.41, 5.74) is 3.45. The Balaban J connectivity index is 1.57. The molecule has 8 nitrogen and oxygen atoms in total. The van der Waals surface area contributed by atoms with Crippen LogP contribution in [0.3, 0.4) is 0 Å². The average Bonchev–Trinajstić information content (AvgIpc) is 3.20. The highest BCUT2D eigenvalue weighted by atomic mass is 16.5. The highest BCUT2D eigenvalue weighted by Crippen LogP contribution is 2.41. The van der Waals surface area contributed by atoms with E-state index in [0.717, 1.165) is 36.2 Å². The molecule has 208 valence electrons. The second-order valence-corrected chi connectivity index (χ2v) is 10.9. The fraction of sp³-hybridized carbons (Fsp3) is 0.484. The Morgan fingerprint density at radius 1 is 1.00 bits per heavy atom. The van der Waals surface area contributed by atoms with Crippen molar-refractivity contribution in [3.63, 3.8) is 0 Å². The highest BCUT2D eigenvalue weighted by molar-refractivity contribution is 5.99. The maximum atomic E-state index is 14.0. The maximum Gasteiger partial charge on any atom is 0.290 e. The van der Waals surface area contributed by atoms with Crippen molar-refractivity contribution in [1.29, 1.82) is 0 Å². The summed E-state index contributed by atoms with van der Waals surface area (Å²) in [7, 11) is 1.60. The van der Waals surface area contributed by atoms with E-state index in [4.69, 9.17) is 18.6 Å². The number of hydrogen-bond acceptors (Lipinski definition) is 7. The lowest BCUT2D eigenvalue weighted by atomic mass is 9.97. The maximum absolute atomic E-state index is 14.0. The molecule has 0 N–H and O–H groups in total. The lowest BCUT2D eigenvalue weighted by molar-refractivity contribution is 0.0314. The summed E-state index contributed by atoms with van der Waals surface area (Å²) in [4.78, 5) is 31.8. The van der Waals surface area contributed by atoms with Gasteiger partial charge in [-0.25, -0.2) is 0 Å². The third-order valence-electron chi connectivity index (χ3n) is 7.80. The lowest BCUT2D eigenvalue weighted by Gasteiger charge is -2.31. The van der Waals surface area contributed by atoms with Gasteiger partial charge in [-0.1, -0.05) is 19.9 Å². The van der Waals surface area contributed by atoms with Crippen LogP contribution in [0.25, 0.3) is 11.0 Å². The van der Waals surface area contributed by atoms with Crippen LogP contribution < -0.4 is 14.9 Å². The minimum Gasteiger partial charge on any atom is -0.493 e. The van der Waals surface area contributed by atoms with Crippen LogP contribution in [0.4, 0.5) is 0 Å². The number of ether oxygens (including phenoxy) is 3. The molecule has 5 rings (SSSR count). The van der Waals surface area contributed by atoms with E-state index in [0.29, 0.717) is 66.9 Å². The molecule has 0 saturated carbocycles. The molecule has 1 unspecified atom stereocenters. The van der Waals surface area contributed by atoms with E-state index < -0.39 is 6.04 Å². The molecule has 2 aliphatic rings. The normalized spacial score (nSPS) is 17.7. The quantitative estimate of drug-likeness (QED) is 0.393. The number of fused-ring (bicyclic) bond motifs is 2. The molecule has 1 amide bonds. The molecule has 39 heavy (non-hydrogen) atoms. The fourth-order valence-corrected chi connectivity index (χ4v) is 5.30. The zero-order valence-corrected chi connectivity index (χ0v) is 23.5. The molecule has 0 radical (unpaired) electrons. The average molecular weight is 535 g/mol. The van der Waals surface area contributed by atoms with Gasteiger partial charge in [0.05, 0.1) is 43.9 Å². The van der Waals surface area contributed by atoms with Crippen LogP contribution in [-0.2, 0) is 4.74 Å². The molecule has 0 aliphatic carbocycles. The molecule has 1 aromatic heterocycles. The van der Waals surface area contributed by atoms with Crippen LogP contribution >= 0.6 is 0 Å². The van der Waals surface area contributed by atoms with Crippen molar-refractivity contribution in [3.8, 4) is 11.5 Å². The van der Waals surface area contributed by atoms with E-state index >= 15 is 0 Å². The zero-order valence-electron chi connectivity index (χ0n) is 23.5. The van der Waals surface area contributed by atoms with Crippen molar-refractivity contribution in [2.45, 2.75) is 40.2 Å². The number of nitrogens with zero attached hydrogens (tertiary/aromatic N) is 2. The number of carbonyl (C=O) groups is 1. The van der Waals surface area contributed by atoms with Gasteiger partial charge in [0, 0.05) is 26.2 Å². The number of carbonyl (C=O) groups excluding carboxylic acids is 1. The summed E-state index contributed by atoms with van der Waals surface area (Å²) in [6, 6.07) is 8.79. The molecule has 1 atom stereocenters. The number of morpholine rings is 1. The summed E-state index contributed by atoms with van der Waals surface area (Å²) in [6.07, 6.45) is 0.928. The van der Waals surface area contributed by atoms with E-state index in [9.17, 15) is 9.59 Å². The number of benzene rings is 2. The Hall–Kier alpha value is -3.36. The minimum absolute atomic E-state index is 0.124. The largest absolute Gasteiger partial charge is 0.493 e. The zero-order chi connectivity index (χ0) is 27.7. The van der Waals surface area contributed by atoms with Crippen LogP contribution in [0.15, 0.2) is 39.5 Å². The third kappa shape index (κ3) is 5.40.